The maximum atomic E-state index is 9.24. The van der Waals surface area contributed by atoms with Gasteiger partial charge in [0.05, 0.1) is 12.1 Å². The van der Waals surface area contributed by atoms with Gasteiger partial charge in [0.25, 0.3) is 0 Å². The Labute approximate surface area is 94.1 Å². The second-order valence-electron chi connectivity index (χ2n) is 3.75. The van der Waals surface area contributed by atoms with Gasteiger partial charge in [-0.1, -0.05) is 12.1 Å². The minimum absolute atomic E-state index is 0.0193. The predicted octanol–water partition coefficient (Wildman–Crippen LogP) is 1.03. The summed E-state index contributed by atoms with van der Waals surface area (Å²) in [6, 6.07) is 7.69. The Balaban J connectivity index is 2.60. The Morgan fingerprint density at radius 2 is 2.19 bits per heavy atom. The highest BCUT2D eigenvalue weighted by atomic mass is 16.3. The fraction of sp³-hybridized carbons (Fsp3) is 0.250. The maximum absolute atomic E-state index is 9.24. The molecule has 1 aromatic heterocycles. The number of hydrogen-bond acceptors (Lipinski definition) is 4. The van der Waals surface area contributed by atoms with Crippen LogP contribution in [0.2, 0.25) is 0 Å². The highest BCUT2D eigenvalue weighted by molar-refractivity contribution is 5.84. The number of nitrogens with zero attached hydrogens (tertiary/aromatic N) is 1. The number of pyridine rings is 1. The van der Waals surface area contributed by atoms with Crippen LogP contribution >= 0.6 is 0 Å². The number of nitrogens with two attached hydrogens (primary N) is 1. The third kappa shape index (κ3) is 1.98. The Morgan fingerprint density at radius 3 is 2.88 bits per heavy atom. The van der Waals surface area contributed by atoms with Crippen LogP contribution in [0.5, 0.6) is 0 Å². The molecule has 0 saturated heterocycles. The second kappa shape index (κ2) is 4.47. The molecule has 2 aromatic rings. The largest absolute Gasteiger partial charge is 0.392 e. The molecule has 0 aliphatic heterocycles. The standard InChI is InChI=1S/C12H15N3O/c1-14-6-8-2-3-10-9(7-16)5-12(13)15-11(10)4-8/h2-5,14,16H,6-7H2,1H3,(H2,13,15). The minimum atomic E-state index is -0.0193. The first-order chi connectivity index (χ1) is 7.74. The molecule has 4 N–H and O–H groups in total. The number of aromatic nitrogens is 1. The van der Waals surface area contributed by atoms with Crippen molar-refractivity contribution in [1.29, 1.82) is 0 Å². The molecule has 2 rings (SSSR count). The number of aliphatic hydroxyl groups excluding tert-OH is 1. The molecule has 0 atom stereocenters. The topological polar surface area (TPSA) is 71.2 Å². The van der Waals surface area contributed by atoms with E-state index in [1.165, 1.54) is 0 Å². The minimum Gasteiger partial charge on any atom is -0.392 e. The monoisotopic (exact) mass is 217 g/mol. The average Bonchev–Trinajstić information content (AvgIpc) is 2.27. The summed E-state index contributed by atoms with van der Waals surface area (Å²) < 4.78 is 0. The Morgan fingerprint density at radius 1 is 1.38 bits per heavy atom. The molecule has 84 valence electrons. The van der Waals surface area contributed by atoms with E-state index in [9.17, 15) is 5.11 Å². The lowest BCUT2D eigenvalue weighted by molar-refractivity contribution is 0.283. The lowest BCUT2D eigenvalue weighted by atomic mass is 10.1. The number of hydrogen-bond donors (Lipinski definition) is 3. The van der Waals surface area contributed by atoms with Gasteiger partial charge in [0.2, 0.25) is 0 Å². The fourth-order valence-corrected chi connectivity index (χ4v) is 1.81. The number of nitrogen functional groups attached to an aromatic ring is 1. The van der Waals surface area contributed by atoms with E-state index in [1.807, 2.05) is 25.2 Å². The molecule has 0 bridgehead atoms. The van der Waals surface area contributed by atoms with Gasteiger partial charge in [-0.25, -0.2) is 4.98 Å². The molecule has 0 fully saturated rings. The Kier molecular flexibility index (Phi) is 3.03. The normalized spacial score (nSPS) is 10.9. The van der Waals surface area contributed by atoms with Crippen LogP contribution in [-0.4, -0.2) is 17.1 Å². The maximum Gasteiger partial charge on any atom is 0.124 e. The summed E-state index contributed by atoms with van der Waals surface area (Å²) in [6.07, 6.45) is 0. The van der Waals surface area contributed by atoms with Crippen molar-refractivity contribution in [2.45, 2.75) is 13.2 Å². The Hall–Kier alpha value is -1.65. The predicted molar refractivity (Wildman–Crippen MR) is 64.8 cm³/mol. The van der Waals surface area contributed by atoms with Crippen molar-refractivity contribution in [1.82, 2.24) is 10.3 Å². The molecule has 0 spiro atoms. The van der Waals surface area contributed by atoms with Gasteiger partial charge in [-0.3, -0.25) is 0 Å². The molecule has 0 amide bonds. The fourth-order valence-electron chi connectivity index (χ4n) is 1.81. The highest BCUT2D eigenvalue weighted by Gasteiger charge is 2.04. The van der Waals surface area contributed by atoms with E-state index in [1.54, 1.807) is 6.07 Å². The first-order valence-electron chi connectivity index (χ1n) is 5.18. The van der Waals surface area contributed by atoms with Crippen molar-refractivity contribution in [3.63, 3.8) is 0 Å². The van der Waals surface area contributed by atoms with E-state index >= 15 is 0 Å². The highest BCUT2D eigenvalue weighted by Crippen LogP contribution is 2.21. The smallest absolute Gasteiger partial charge is 0.124 e. The van der Waals surface area contributed by atoms with Gasteiger partial charge >= 0.3 is 0 Å². The quantitative estimate of drug-likeness (QED) is 0.718. The first-order valence-corrected chi connectivity index (χ1v) is 5.18. The molecule has 1 heterocycles. The summed E-state index contributed by atoms with van der Waals surface area (Å²) in [7, 11) is 1.90. The lowest BCUT2D eigenvalue weighted by Crippen LogP contribution is -2.05. The number of benzene rings is 1. The van der Waals surface area contributed by atoms with Gasteiger partial charge in [0, 0.05) is 11.9 Å². The molecule has 0 aliphatic carbocycles. The molecule has 0 saturated carbocycles. The molecular weight excluding hydrogens is 202 g/mol. The van der Waals surface area contributed by atoms with E-state index in [2.05, 4.69) is 10.3 Å². The van der Waals surface area contributed by atoms with Crippen molar-refractivity contribution in [2.24, 2.45) is 0 Å². The zero-order valence-electron chi connectivity index (χ0n) is 9.20. The third-order valence-electron chi connectivity index (χ3n) is 2.53. The van der Waals surface area contributed by atoms with Crippen molar-refractivity contribution < 1.29 is 5.11 Å². The molecule has 1 aromatic carbocycles. The molecule has 4 nitrogen and oxygen atoms in total. The van der Waals surface area contributed by atoms with Crippen LogP contribution in [0.3, 0.4) is 0 Å². The van der Waals surface area contributed by atoms with E-state index in [0.717, 1.165) is 28.6 Å². The van der Waals surface area contributed by atoms with Crippen LogP contribution < -0.4 is 11.1 Å². The van der Waals surface area contributed by atoms with Crippen LogP contribution in [0.15, 0.2) is 24.3 Å². The van der Waals surface area contributed by atoms with Crippen LogP contribution in [0.1, 0.15) is 11.1 Å². The van der Waals surface area contributed by atoms with E-state index in [4.69, 9.17) is 5.73 Å². The number of fused-ring (bicyclic) bond motifs is 1. The number of rotatable bonds is 3. The summed E-state index contributed by atoms with van der Waals surface area (Å²) in [5.74, 6) is 0.443. The third-order valence-corrected chi connectivity index (χ3v) is 2.53. The number of nitrogens with one attached hydrogen (secondary N) is 1. The van der Waals surface area contributed by atoms with Crippen LogP contribution in [0.25, 0.3) is 10.9 Å². The second-order valence-corrected chi connectivity index (χ2v) is 3.75. The van der Waals surface area contributed by atoms with Gasteiger partial charge in [-0.2, -0.15) is 0 Å². The summed E-state index contributed by atoms with van der Waals surface area (Å²) in [5, 5.41) is 13.3. The van der Waals surface area contributed by atoms with Crippen molar-refractivity contribution in [3.05, 3.63) is 35.4 Å². The molecule has 0 aliphatic rings. The average molecular weight is 217 g/mol. The van der Waals surface area contributed by atoms with Gasteiger partial charge in [-0.05, 0) is 30.3 Å². The van der Waals surface area contributed by atoms with E-state index in [-0.39, 0.29) is 6.61 Å². The number of aliphatic hydroxyl groups is 1. The van der Waals surface area contributed by atoms with Crippen molar-refractivity contribution in [3.8, 4) is 0 Å². The van der Waals surface area contributed by atoms with E-state index in [0.29, 0.717) is 5.82 Å². The Bertz CT molecular complexity index is 511. The van der Waals surface area contributed by atoms with Crippen LogP contribution in [0, 0.1) is 0 Å². The number of anilines is 1. The van der Waals surface area contributed by atoms with Crippen molar-refractivity contribution in [2.75, 3.05) is 12.8 Å². The van der Waals surface area contributed by atoms with Gasteiger partial charge in [0.15, 0.2) is 0 Å². The van der Waals surface area contributed by atoms with Gasteiger partial charge in [-0.15, -0.1) is 0 Å². The summed E-state index contributed by atoms with van der Waals surface area (Å²) >= 11 is 0. The summed E-state index contributed by atoms with van der Waals surface area (Å²) in [5.41, 5.74) is 8.48. The molecule has 0 radical (unpaired) electrons. The summed E-state index contributed by atoms with van der Waals surface area (Å²) in [4.78, 5) is 4.27. The van der Waals surface area contributed by atoms with Crippen LogP contribution in [0.4, 0.5) is 5.82 Å². The summed E-state index contributed by atoms with van der Waals surface area (Å²) in [6.45, 7) is 0.773. The van der Waals surface area contributed by atoms with Crippen LogP contribution in [-0.2, 0) is 13.2 Å². The molecule has 4 heteroatoms. The molecule has 0 unspecified atom stereocenters. The van der Waals surface area contributed by atoms with Gasteiger partial charge in [0.1, 0.15) is 5.82 Å². The van der Waals surface area contributed by atoms with Gasteiger partial charge < -0.3 is 16.2 Å². The SMILES string of the molecule is CNCc1ccc2c(CO)cc(N)nc2c1. The zero-order chi connectivity index (χ0) is 11.5. The zero-order valence-corrected chi connectivity index (χ0v) is 9.20. The van der Waals surface area contributed by atoms with Crippen molar-refractivity contribution >= 4 is 16.7 Å². The molecule has 16 heavy (non-hydrogen) atoms. The lowest BCUT2D eigenvalue weighted by Gasteiger charge is -2.07. The van der Waals surface area contributed by atoms with E-state index < -0.39 is 0 Å². The molecular formula is C12H15N3O. The first kappa shape index (κ1) is 10.9.